The van der Waals surface area contributed by atoms with Crippen molar-refractivity contribution in [2.75, 3.05) is 0 Å². The van der Waals surface area contributed by atoms with Crippen LogP contribution in [0.2, 0.25) is 5.02 Å². The molecule has 0 aliphatic heterocycles. The summed E-state index contributed by atoms with van der Waals surface area (Å²) in [5.41, 5.74) is 3.01. The van der Waals surface area contributed by atoms with Gasteiger partial charge in [0.2, 0.25) is 0 Å². The first kappa shape index (κ1) is 14.7. The number of nitrogens with zero attached hydrogens (tertiary/aromatic N) is 1. The van der Waals surface area contributed by atoms with Gasteiger partial charge in [0, 0.05) is 20.6 Å². The molecular weight excluding hydrogens is 347 g/mol. The minimum Gasteiger partial charge on any atom is -0.267 e. The predicted molar refractivity (Wildman–Crippen MR) is 80.6 cm³/mol. The van der Waals surface area contributed by atoms with E-state index in [4.69, 9.17) is 11.6 Å². The second kappa shape index (κ2) is 6.63. The van der Waals surface area contributed by atoms with Crippen molar-refractivity contribution in [3.8, 4) is 0 Å². The number of amides is 1. The van der Waals surface area contributed by atoms with E-state index < -0.39 is 11.7 Å². The minimum absolute atomic E-state index is 0.274. The van der Waals surface area contributed by atoms with Gasteiger partial charge in [-0.1, -0.05) is 27.5 Å². The molecule has 0 unspecified atom stereocenters. The number of nitrogens with one attached hydrogen (secondary N) is 1. The van der Waals surface area contributed by atoms with Crippen molar-refractivity contribution in [1.82, 2.24) is 5.43 Å². The molecule has 2 rings (SSSR count). The molecule has 0 atom stereocenters. The maximum absolute atomic E-state index is 13.4. The molecule has 0 saturated heterocycles. The van der Waals surface area contributed by atoms with E-state index in [0.29, 0.717) is 10.6 Å². The molecule has 0 heterocycles. The predicted octanol–water partition coefficient (Wildman–Crippen LogP) is 4.01. The largest absolute Gasteiger partial charge is 0.271 e. The van der Waals surface area contributed by atoms with Crippen LogP contribution in [-0.4, -0.2) is 12.1 Å². The Kier molecular flexibility index (Phi) is 4.87. The summed E-state index contributed by atoms with van der Waals surface area (Å²) >= 11 is 8.96. The Hall–Kier alpha value is -1.72. The molecule has 0 bridgehead atoms. The van der Waals surface area contributed by atoms with Crippen LogP contribution in [0.5, 0.6) is 0 Å². The maximum Gasteiger partial charge on any atom is 0.271 e. The van der Waals surface area contributed by atoms with Crippen molar-refractivity contribution in [3.05, 3.63) is 68.9 Å². The molecule has 20 heavy (non-hydrogen) atoms. The van der Waals surface area contributed by atoms with Gasteiger partial charge in [-0.05, 0) is 42.5 Å². The Labute approximate surface area is 128 Å². The van der Waals surface area contributed by atoms with Crippen LogP contribution < -0.4 is 5.43 Å². The van der Waals surface area contributed by atoms with Crippen LogP contribution >= 0.6 is 27.5 Å². The quantitative estimate of drug-likeness (QED) is 0.656. The lowest BCUT2D eigenvalue weighted by molar-refractivity contribution is 0.0955. The minimum atomic E-state index is -0.419. The highest BCUT2D eigenvalue weighted by Gasteiger charge is 2.04. The van der Waals surface area contributed by atoms with E-state index in [9.17, 15) is 9.18 Å². The van der Waals surface area contributed by atoms with Gasteiger partial charge in [0.05, 0.1) is 6.21 Å². The van der Waals surface area contributed by atoms with E-state index in [0.717, 1.165) is 4.47 Å². The van der Waals surface area contributed by atoms with E-state index in [1.54, 1.807) is 36.4 Å². The van der Waals surface area contributed by atoms with Crippen LogP contribution in [0.4, 0.5) is 4.39 Å². The lowest BCUT2D eigenvalue weighted by Gasteiger charge is -2.00. The SMILES string of the molecule is O=C(N/N=C\c1cc(Br)ccc1F)c1ccc(Cl)cc1. The third-order valence-electron chi connectivity index (χ3n) is 2.43. The molecule has 1 amide bonds. The molecule has 1 N–H and O–H groups in total. The van der Waals surface area contributed by atoms with E-state index in [1.165, 1.54) is 12.3 Å². The Morgan fingerprint density at radius 2 is 1.95 bits per heavy atom. The molecule has 6 heteroatoms. The zero-order chi connectivity index (χ0) is 14.5. The van der Waals surface area contributed by atoms with Crippen molar-refractivity contribution < 1.29 is 9.18 Å². The number of halogens is 3. The Morgan fingerprint density at radius 3 is 2.65 bits per heavy atom. The number of benzene rings is 2. The summed E-state index contributed by atoms with van der Waals surface area (Å²) in [5, 5.41) is 4.27. The number of carbonyl (C=O) groups is 1. The third-order valence-corrected chi connectivity index (χ3v) is 3.18. The smallest absolute Gasteiger partial charge is 0.267 e. The molecule has 3 nitrogen and oxygen atoms in total. The zero-order valence-corrected chi connectivity index (χ0v) is 12.5. The van der Waals surface area contributed by atoms with E-state index in [1.807, 2.05) is 0 Å². The Balaban J connectivity index is 2.04. The van der Waals surface area contributed by atoms with Gasteiger partial charge in [-0.25, -0.2) is 9.82 Å². The highest BCUT2D eigenvalue weighted by atomic mass is 79.9. The lowest BCUT2D eigenvalue weighted by Crippen LogP contribution is -2.17. The zero-order valence-electron chi connectivity index (χ0n) is 10.1. The molecule has 0 spiro atoms. The van der Waals surface area contributed by atoms with Gasteiger partial charge >= 0.3 is 0 Å². The summed E-state index contributed by atoms with van der Waals surface area (Å²) in [6, 6.07) is 10.8. The van der Waals surface area contributed by atoms with E-state index >= 15 is 0 Å². The fourth-order valence-electron chi connectivity index (χ4n) is 1.44. The highest BCUT2D eigenvalue weighted by Crippen LogP contribution is 2.14. The number of rotatable bonds is 3. The fourth-order valence-corrected chi connectivity index (χ4v) is 1.94. The molecule has 2 aromatic carbocycles. The highest BCUT2D eigenvalue weighted by molar-refractivity contribution is 9.10. The molecule has 0 saturated carbocycles. The van der Waals surface area contributed by atoms with Crippen molar-refractivity contribution in [1.29, 1.82) is 0 Å². The van der Waals surface area contributed by atoms with Crippen LogP contribution in [-0.2, 0) is 0 Å². The summed E-state index contributed by atoms with van der Waals surface area (Å²) in [4.78, 5) is 11.7. The number of hydrogen-bond donors (Lipinski definition) is 1. The van der Waals surface area contributed by atoms with Crippen LogP contribution in [0.25, 0.3) is 0 Å². The van der Waals surface area contributed by atoms with Crippen molar-refractivity contribution in [2.24, 2.45) is 5.10 Å². The average Bonchev–Trinajstić information content (AvgIpc) is 2.43. The van der Waals surface area contributed by atoms with Crippen molar-refractivity contribution in [2.45, 2.75) is 0 Å². The van der Waals surface area contributed by atoms with Crippen LogP contribution in [0, 0.1) is 5.82 Å². The first-order valence-electron chi connectivity index (χ1n) is 5.60. The lowest BCUT2D eigenvalue weighted by atomic mass is 10.2. The normalized spacial score (nSPS) is 10.8. The van der Waals surface area contributed by atoms with E-state index in [2.05, 4.69) is 26.5 Å². The van der Waals surface area contributed by atoms with Gasteiger partial charge in [0.25, 0.3) is 5.91 Å². The monoisotopic (exact) mass is 354 g/mol. The van der Waals surface area contributed by atoms with Crippen LogP contribution in [0.3, 0.4) is 0 Å². The number of hydrazone groups is 1. The van der Waals surface area contributed by atoms with Gasteiger partial charge in [-0.15, -0.1) is 0 Å². The Bertz CT molecular complexity index is 659. The topological polar surface area (TPSA) is 41.5 Å². The fraction of sp³-hybridized carbons (Fsp3) is 0. The molecule has 0 aliphatic carbocycles. The summed E-state index contributed by atoms with van der Waals surface area (Å²) < 4.78 is 14.1. The van der Waals surface area contributed by atoms with Crippen LogP contribution in [0.1, 0.15) is 15.9 Å². The molecule has 0 aliphatic rings. The summed E-state index contributed by atoms with van der Waals surface area (Å²) in [5.74, 6) is -0.814. The third kappa shape index (κ3) is 3.88. The van der Waals surface area contributed by atoms with Gasteiger partial charge in [-0.3, -0.25) is 4.79 Å². The van der Waals surface area contributed by atoms with Crippen LogP contribution in [0.15, 0.2) is 52.0 Å². The Morgan fingerprint density at radius 1 is 1.25 bits per heavy atom. The van der Waals surface area contributed by atoms with Crippen molar-refractivity contribution >= 4 is 39.7 Å². The maximum atomic E-state index is 13.4. The first-order valence-corrected chi connectivity index (χ1v) is 6.77. The summed E-state index contributed by atoms with van der Waals surface area (Å²) in [6.45, 7) is 0. The van der Waals surface area contributed by atoms with Gasteiger partial charge in [0.1, 0.15) is 5.82 Å². The molecule has 2 aromatic rings. The molecule has 0 aromatic heterocycles. The van der Waals surface area contributed by atoms with Gasteiger partial charge in [0.15, 0.2) is 0 Å². The first-order chi connectivity index (χ1) is 9.56. The second-order valence-electron chi connectivity index (χ2n) is 3.87. The van der Waals surface area contributed by atoms with Gasteiger partial charge in [-0.2, -0.15) is 5.10 Å². The standard InChI is InChI=1S/C14H9BrClFN2O/c15-11-3-6-13(17)10(7-11)8-18-19-14(20)9-1-4-12(16)5-2-9/h1-8H,(H,19,20)/b18-8-. The summed E-state index contributed by atoms with van der Waals surface area (Å²) in [6.07, 6.45) is 1.24. The van der Waals surface area contributed by atoms with Crippen molar-refractivity contribution in [3.63, 3.8) is 0 Å². The van der Waals surface area contributed by atoms with Gasteiger partial charge < -0.3 is 0 Å². The molecular formula is C14H9BrClFN2O. The number of hydrogen-bond acceptors (Lipinski definition) is 2. The molecule has 0 radical (unpaired) electrons. The average molecular weight is 356 g/mol. The summed E-state index contributed by atoms with van der Waals surface area (Å²) in [7, 11) is 0. The van der Waals surface area contributed by atoms with E-state index in [-0.39, 0.29) is 5.56 Å². The molecule has 0 fully saturated rings. The second-order valence-corrected chi connectivity index (χ2v) is 5.22. The molecule has 102 valence electrons. The number of carbonyl (C=O) groups excluding carboxylic acids is 1.